The minimum atomic E-state index is -0.463. The van der Waals surface area contributed by atoms with Gasteiger partial charge in [-0.15, -0.1) is 0 Å². The van der Waals surface area contributed by atoms with Crippen molar-refractivity contribution in [3.05, 3.63) is 114 Å². The van der Waals surface area contributed by atoms with Gasteiger partial charge in [-0.3, -0.25) is 4.79 Å². The minimum Gasteiger partial charge on any atom is -0.497 e. The van der Waals surface area contributed by atoms with Gasteiger partial charge in [-0.1, -0.05) is 78.9 Å². The Labute approximate surface area is 182 Å². The summed E-state index contributed by atoms with van der Waals surface area (Å²) in [6.07, 6.45) is 0. The van der Waals surface area contributed by atoms with E-state index in [1.54, 1.807) is 12.0 Å². The van der Waals surface area contributed by atoms with Gasteiger partial charge in [0.2, 0.25) is 0 Å². The molecule has 4 nitrogen and oxygen atoms in total. The number of rotatable bonds is 7. The Bertz CT molecular complexity index is 1150. The van der Waals surface area contributed by atoms with E-state index in [0.717, 1.165) is 27.6 Å². The predicted molar refractivity (Wildman–Crippen MR) is 123 cm³/mol. The molecule has 0 spiro atoms. The molecule has 1 atom stereocenters. The Hall–Kier alpha value is -3.63. The third-order valence-corrected chi connectivity index (χ3v) is 5.53. The zero-order valence-corrected chi connectivity index (χ0v) is 17.4. The molecule has 156 valence electrons. The second-order valence-electron chi connectivity index (χ2n) is 7.42. The molecular formula is C27H25NO3. The number of benzene rings is 4. The Morgan fingerprint density at radius 2 is 1.55 bits per heavy atom. The summed E-state index contributed by atoms with van der Waals surface area (Å²) < 4.78 is 5.26. The van der Waals surface area contributed by atoms with Crippen molar-refractivity contribution < 1.29 is 14.6 Å². The molecule has 4 rings (SSSR count). The number of aliphatic hydroxyl groups is 1. The number of ether oxygens (including phenoxy) is 1. The van der Waals surface area contributed by atoms with Crippen LogP contribution in [0.5, 0.6) is 5.75 Å². The molecule has 1 N–H and O–H groups in total. The van der Waals surface area contributed by atoms with Crippen LogP contribution in [0.4, 0.5) is 0 Å². The van der Waals surface area contributed by atoms with Gasteiger partial charge in [0, 0.05) is 12.1 Å². The van der Waals surface area contributed by atoms with E-state index < -0.39 is 6.04 Å². The van der Waals surface area contributed by atoms with Crippen molar-refractivity contribution in [3.8, 4) is 5.75 Å². The third kappa shape index (κ3) is 4.44. The summed E-state index contributed by atoms with van der Waals surface area (Å²) >= 11 is 0. The molecule has 4 aromatic rings. The minimum absolute atomic E-state index is 0.115. The van der Waals surface area contributed by atoms with Crippen molar-refractivity contribution in [2.75, 3.05) is 13.7 Å². The maximum atomic E-state index is 13.9. The average molecular weight is 412 g/mol. The molecule has 0 heterocycles. The molecule has 0 saturated heterocycles. The number of fused-ring (bicyclic) bond motifs is 1. The fourth-order valence-corrected chi connectivity index (χ4v) is 3.88. The third-order valence-electron chi connectivity index (χ3n) is 5.53. The number of nitrogens with zero attached hydrogens (tertiary/aromatic N) is 1. The van der Waals surface area contributed by atoms with Crippen LogP contribution in [0.3, 0.4) is 0 Å². The van der Waals surface area contributed by atoms with Crippen LogP contribution in [0.1, 0.15) is 27.5 Å². The van der Waals surface area contributed by atoms with Crippen LogP contribution in [-0.2, 0) is 6.54 Å². The second-order valence-corrected chi connectivity index (χ2v) is 7.42. The van der Waals surface area contributed by atoms with E-state index in [-0.39, 0.29) is 12.5 Å². The molecule has 0 aliphatic carbocycles. The van der Waals surface area contributed by atoms with Gasteiger partial charge >= 0.3 is 0 Å². The van der Waals surface area contributed by atoms with Crippen LogP contribution >= 0.6 is 0 Å². The molecule has 0 saturated carbocycles. The lowest BCUT2D eigenvalue weighted by Crippen LogP contribution is -2.36. The van der Waals surface area contributed by atoms with Gasteiger partial charge in [-0.05, 0) is 40.1 Å². The van der Waals surface area contributed by atoms with Crippen LogP contribution in [0, 0.1) is 0 Å². The van der Waals surface area contributed by atoms with Crippen LogP contribution in [0.2, 0.25) is 0 Å². The summed E-state index contributed by atoms with van der Waals surface area (Å²) in [5, 5.41) is 12.2. The lowest BCUT2D eigenvalue weighted by atomic mass is 10.00. The van der Waals surface area contributed by atoms with E-state index in [2.05, 4.69) is 0 Å². The maximum absolute atomic E-state index is 13.9. The first-order valence-corrected chi connectivity index (χ1v) is 10.3. The molecule has 0 aromatic heterocycles. The van der Waals surface area contributed by atoms with Crippen molar-refractivity contribution in [1.29, 1.82) is 0 Å². The van der Waals surface area contributed by atoms with Gasteiger partial charge in [0.15, 0.2) is 0 Å². The Kier molecular flexibility index (Phi) is 6.29. The normalized spacial score (nSPS) is 11.8. The second kappa shape index (κ2) is 9.45. The first-order chi connectivity index (χ1) is 15.2. The SMILES string of the molecule is COc1ccc(CN(C(=O)c2cccc3ccccc23)[C@@H](CO)c2ccccc2)cc1. The van der Waals surface area contributed by atoms with Crippen LogP contribution in [0.25, 0.3) is 10.8 Å². The number of carbonyl (C=O) groups is 1. The number of hydrogen-bond donors (Lipinski definition) is 1. The topological polar surface area (TPSA) is 49.8 Å². The van der Waals surface area contributed by atoms with E-state index in [4.69, 9.17) is 4.74 Å². The van der Waals surface area contributed by atoms with Crippen molar-refractivity contribution in [2.45, 2.75) is 12.6 Å². The Balaban J connectivity index is 1.77. The van der Waals surface area contributed by atoms with Gasteiger partial charge in [0.05, 0.1) is 19.8 Å². The summed E-state index contributed by atoms with van der Waals surface area (Å²) in [6, 6.07) is 30.5. The van der Waals surface area contributed by atoms with Crippen LogP contribution in [0.15, 0.2) is 97.1 Å². The lowest BCUT2D eigenvalue weighted by Gasteiger charge is -2.32. The lowest BCUT2D eigenvalue weighted by molar-refractivity contribution is 0.0570. The summed E-state index contributed by atoms with van der Waals surface area (Å²) in [4.78, 5) is 15.6. The number of aliphatic hydroxyl groups excluding tert-OH is 1. The fraction of sp³-hybridized carbons (Fsp3) is 0.148. The highest BCUT2D eigenvalue weighted by atomic mass is 16.5. The van der Waals surface area contributed by atoms with E-state index in [9.17, 15) is 9.90 Å². The Morgan fingerprint density at radius 1 is 0.871 bits per heavy atom. The van der Waals surface area contributed by atoms with Crippen molar-refractivity contribution >= 4 is 16.7 Å². The molecule has 0 radical (unpaired) electrons. The smallest absolute Gasteiger partial charge is 0.255 e. The monoisotopic (exact) mass is 411 g/mol. The van der Waals surface area contributed by atoms with Gasteiger partial charge in [-0.2, -0.15) is 0 Å². The zero-order valence-electron chi connectivity index (χ0n) is 17.4. The van der Waals surface area contributed by atoms with E-state index in [0.29, 0.717) is 12.1 Å². The molecular weight excluding hydrogens is 386 g/mol. The molecule has 0 aliphatic rings. The van der Waals surface area contributed by atoms with Crippen molar-refractivity contribution in [1.82, 2.24) is 4.90 Å². The van der Waals surface area contributed by atoms with Crippen LogP contribution < -0.4 is 4.74 Å². The predicted octanol–water partition coefficient (Wildman–Crippen LogP) is 5.22. The van der Waals surface area contributed by atoms with Gasteiger partial charge in [0.25, 0.3) is 5.91 Å². The molecule has 4 heteroatoms. The largest absolute Gasteiger partial charge is 0.497 e. The van der Waals surface area contributed by atoms with Gasteiger partial charge in [-0.25, -0.2) is 0 Å². The maximum Gasteiger partial charge on any atom is 0.255 e. The molecule has 0 fully saturated rings. The zero-order chi connectivity index (χ0) is 21.6. The quantitative estimate of drug-likeness (QED) is 0.453. The van der Waals surface area contributed by atoms with Gasteiger partial charge in [0.1, 0.15) is 5.75 Å². The highest BCUT2D eigenvalue weighted by Gasteiger charge is 2.27. The highest BCUT2D eigenvalue weighted by Crippen LogP contribution is 2.28. The summed E-state index contributed by atoms with van der Waals surface area (Å²) in [5.74, 6) is 0.646. The van der Waals surface area contributed by atoms with Gasteiger partial charge < -0.3 is 14.7 Å². The summed E-state index contributed by atoms with van der Waals surface area (Å²) in [6.45, 7) is 0.197. The number of methoxy groups -OCH3 is 1. The highest BCUT2D eigenvalue weighted by molar-refractivity contribution is 6.07. The number of amides is 1. The molecule has 0 bridgehead atoms. The van der Waals surface area contributed by atoms with E-state index in [1.807, 2.05) is 97.1 Å². The molecule has 0 unspecified atom stereocenters. The molecule has 0 aliphatic heterocycles. The molecule has 1 amide bonds. The summed E-state index contributed by atoms with van der Waals surface area (Å²) in [7, 11) is 1.63. The number of carbonyl (C=O) groups excluding carboxylic acids is 1. The first-order valence-electron chi connectivity index (χ1n) is 10.3. The summed E-state index contributed by atoms with van der Waals surface area (Å²) in [5.41, 5.74) is 2.48. The first kappa shape index (κ1) is 20.6. The van der Waals surface area contributed by atoms with E-state index in [1.165, 1.54) is 0 Å². The Morgan fingerprint density at radius 3 is 2.26 bits per heavy atom. The average Bonchev–Trinajstić information content (AvgIpc) is 2.84. The van der Waals surface area contributed by atoms with Crippen molar-refractivity contribution in [2.24, 2.45) is 0 Å². The fourth-order valence-electron chi connectivity index (χ4n) is 3.88. The van der Waals surface area contributed by atoms with E-state index >= 15 is 0 Å². The standard InChI is InChI=1S/C27H25NO3/c1-31-23-16-14-20(15-17-23)18-28(26(19-29)22-9-3-2-4-10-22)27(30)25-13-7-11-21-8-5-6-12-24(21)25/h2-17,26,29H,18-19H2,1H3/t26-/m0/s1. The van der Waals surface area contributed by atoms with Crippen LogP contribution in [-0.4, -0.2) is 29.6 Å². The molecule has 31 heavy (non-hydrogen) atoms. The number of hydrogen-bond acceptors (Lipinski definition) is 3. The molecule has 4 aromatic carbocycles. The van der Waals surface area contributed by atoms with Crippen molar-refractivity contribution in [3.63, 3.8) is 0 Å².